The van der Waals surface area contributed by atoms with Crippen LogP contribution in [0.5, 0.6) is 0 Å². The molecule has 0 N–H and O–H groups in total. The van der Waals surface area contributed by atoms with Crippen molar-refractivity contribution in [3.05, 3.63) is 24.3 Å². The number of rotatable bonds is 3. The second-order valence-corrected chi connectivity index (χ2v) is 2.48. The Morgan fingerprint density at radius 2 is 2.54 bits per heavy atom. The minimum absolute atomic E-state index is 0.342. The Bertz CT molecular complexity index is 315. The highest BCUT2D eigenvalue weighted by Gasteiger charge is 1.96. The van der Waals surface area contributed by atoms with Crippen molar-refractivity contribution in [3.63, 3.8) is 0 Å². The highest BCUT2D eigenvalue weighted by atomic mass is 16.5. The summed E-state index contributed by atoms with van der Waals surface area (Å²) in [6.45, 7) is 2.16. The Hall–Kier alpha value is -1.58. The molecule has 0 fully saturated rings. The van der Waals surface area contributed by atoms with Crippen molar-refractivity contribution in [1.82, 2.24) is 9.55 Å². The lowest BCUT2D eigenvalue weighted by molar-refractivity contribution is -0.137. The third-order valence-electron chi connectivity index (χ3n) is 1.51. The van der Waals surface area contributed by atoms with Gasteiger partial charge in [-0.2, -0.15) is 0 Å². The molecule has 0 aliphatic heterocycles. The summed E-state index contributed by atoms with van der Waals surface area (Å²) in [5, 5.41) is 0. The molecule has 13 heavy (non-hydrogen) atoms. The van der Waals surface area contributed by atoms with Crippen molar-refractivity contribution >= 4 is 12.0 Å². The number of aryl methyl sites for hydroxylation is 1. The molecule has 1 aromatic rings. The lowest BCUT2D eigenvalue weighted by Crippen LogP contribution is -1.99. The van der Waals surface area contributed by atoms with Gasteiger partial charge in [0.25, 0.3) is 0 Å². The van der Waals surface area contributed by atoms with Gasteiger partial charge < -0.3 is 9.30 Å². The van der Waals surface area contributed by atoms with Gasteiger partial charge in [-0.1, -0.05) is 0 Å². The highest BCUT2D eigenvalue weighted by molar-refractivity contribution is 5.86. The molecular formula is C9H12N2O2. The van der Waals surface area contributed by atoms with Crippen LogP contribution in [-0.4, -0.2) is 22.1 Å². The van der Waals surface area contributed by atoms with E-state index in [0.29, 0.717) is 6.61 Å². The Labute approximate surface area is 76.8 Å². The third kappa shape index (κ3) is 2.74. The van der Waals surface area contributed by atoms with Gasteiger partial charge >= 0.3 is 5.97 Å². The van der Waals surface area contributed by atoms with Crippen LogP contribution in [0.2, 0.25) is 0 Å². The smallest absolute Gasteiger partial charge is 0.330 e. The van der Waals surface area contributed by atoms with Crippen LogP contribution in [0, 0.1) is 0 Å². The standard InChI is InChI=1S/C9H12N2O2/c1-3-13-9(12)5-4-8-10-6-7-11(8)2/h4-7H,3H2,1-2H3/b5-4+. The lowest BCUT2D eigenvalue weighted by Gasteiger charge is -1.95. The van der Waals surface area contributed by atoms with E-state index in [1.54, 1.807) is 19.2 Å². The van der Waals surface area contributed by atoms with E-state index in [1.807, 2.05) is 17.8 Å². The van der Waals surface area contributed by atoms with E-state index in [0.717, 1.165) is 5.82 Å². The Kier molecular flexibility index (Phi) is 3.25. The zero-order chi connectivity index (χ0) is 9.68. The summed E-state index contributed by atoms with van der Waals surface area (Å²) in [5.41, 5.74) is 0. The molecule has 70 valence electrons. The van der Waals surface area contributed by atoms with Crippen LogP contribution in [0.1, 0.15) is 12.7 Å². The molecule has 0 aliphatic rings. The fourth-order valence-corrected chi connectivity index (χ4v) is 0.871. The zero-order valence-electron chi connectivity index (χ0n) is 7.73. The second kappa shape index (κ2) is 4.45. The molecule has 0 saturated carbocycles. The molecule has 1 aromatic heterocycles. The molecule has 0 saturated heterocycles. The summed E-state index contributed by atoms with van der Waals surface area (Å²) in [6.07, 6.45) is 6.47. The summed E-state index contributed by atoms with van der Waals surface area (Å²) < 4.78 is 6.53. The summed E-state index contributed by atoms with van der Waals surface area (Å²) in [4.78, 5) is 14.9. The number of nitrogens with zero attached hydrogens (tertiary/aromatic N) is 2. The maximum atomic E-state index is 10.9. The van der Waals surface area contributed by atoms with Crippen molar-refractivity contribution in [2.24, 2.45) is 7.05 Å². The van der Waals surface area contributed by atoms with Gasteiger partial charge in [0.2, 0.25) is 0 Å². The average molecular weight is 180 g/mol. The zero-order valence-corrected chi connectivity index (χ0v) is 7.73. The van der Waals surface area contributed by atoms with Crippen molar-refractivity contribution in [2.45, 2.75) is 6.92 Å². The minimum atomic E-state index is -0.342. The summed E-state index contributed by atoms with van der Waals surface area (Å²) in [6, 6.07) is 0. The third-order valence-corrected chi connectivity index (χ3v) is 1.51. The van der Waals surface area contributed by atoms with E-state index in [9.17, 15) is 4.79 Å². The van der Waals surface area contributed by atoms with Crippen LogP contribution in [0.4, 0.5) is 0 Å². The van der Waals surface area contributed by atoms with Gasteiger partial charge in [-0.3, -0.25) is 0 Å². The van der Waals surface area contributed by atoms with Crippen LogP contribution in [0.25, 0.3) is 6.08 Å². The Morgan fingerprint density at radius 1 is 1.77 bits per heavy atom. The van der Waals surface area contributed by atoms with E-state index >= 15 is 0 Å². The van der Waals surface area contributed by atoms with Crippen LogP contribution < -0.4 is 0 Å². The molecule has 0 aromatic carbocycles. The first-order valence-corrected chi connectivity index (χ1v) is 4.06. The molecule has 0 unspecified atom stereocenters. The minimum Gasteiger partial charge on any atom is -0.463 e. The highest BCUT2D eigenvalue weighted by Crippen LogP contribution is 1.97. The summed E-state index contributed by atoms with van der Waals surface area (Å²) >= 11 is 0. The van der Waals surface area contributed by atoms with E-state index in [4.69, 9.17) is 4.74 Å². The molecule has 4 heteroatoms. The number of esters is 1. The first-order valence-electron chi connectivity index (χ1n) is 4.06. The maximum Gasteiger partial charge on any atom is 0.330 e. The van der Waals surface area contributed by atoms with Gasteiger partial charge in [-0.05, 0) is 13.0 Å². The quantitative estimate of drug-likeness (QED) is 0.514. The summed E-state index contributed by atoms with van der Waals surface area (Å²) in [7, 11) is 1.86. The summed E-state index contributed by atoms with van der Waals surface area (Å²) in [5.74, 6) is 0.388. The number of aromatic nitrogens is 2. The van der Waals surface area contributed by atoms with E-state index in [2.05, 4.69) is 4.98 Å². The first kappa shape index (κ1) is 9.51. The number of imidazole rings is 1. The number of carbonyl (C=O) groups excluding carboxylic acids is 1. The normalized spacial score (nSPS) is 10.6. The molecule has 0 atom stereocenters. The van der Waals surface area contributed by atoms with Crippen LogP contribution in [0.15, 0.2) is 18.5 Å². The number of carbonyl (C=O) groups is 1. The molecule has 0 amide bonds. The van der Waals surface area contributed by atoms with Crippen LogP contribution in [0.3, 0.4) is 0 Å². The lowest BCUT2D eigenvalue weighted by atomic mass is 10.4. The molecule has 1 rings (SSSR count). The molecule has 4 nitrogen and oxygen atoms in total. The van der Waals surface area contributed by atoms with Gasteiger partial charge in [0.05, 0.1) is 6.61 Å². The largest absolute Gasteiger partial charge is 0.463 e. The Morgan fingerprint density at radius 3 is 3.08 bits per heavy atom. The van der Waals surface area contributed by atoms with Gasteiger partial charge in [-0.25, -0.2) is 9.78 Å². The van der Waals surface area contributed by atoms with Crippen LogP contribution in [-0.2, 0) is 16.6 Å². The van der Waals surface area contributed by atoms with Crippen LogP contribution >= 0.6 is 0 Å². The van der Waals surface area contributed by atoms with E-state index in [-0.39, 0.29) is 5.97 Å². The first-order chi connectivity index (χ1) is 6.24. The molecule has 0 radical (unpaired) electrons. The monoisotopic (exact) mass is 180 g/mol. The molecule has 0 spiro atoms. The molecule has 1 heterocycles. The van der Waals surface area contributed by atoms with Crippen molar-refractivity contribution in [2.75, 3.05) is 6.61 Å². The van der Waals surface area contributed by atoms with Gasteiger partial charge in [0.15, 0.2) is 0 Å². The maximum absolute atomic E-state index is 10.9. The fraction of sp³-hybridized carbons (Fsp3) is 0.333. The van der Waals surface area contributed by atoms with E-state index in [1.165, 1.54) is 6.08 Å². The second-order valence-electron chi connectivity index (χ2n) is 2.48. The number of hydrogen-bond donors (Lipinski definition) is 0. The number of hydrogen-bond acceptors (Lipinski definition) is 3. The van der Waals surface area contributed by atoms with E-state index < -0.39 is 0 Å². The van der Waals surface area contributed by atoms with Crippen molar-refractivity contribution in [3.8, 4) is 0 Å². The predicted octanol–water partition coefficient (Wildman–Crippen LogP) is 0.996. The number of ether oxygens (including phenoxy) is 1. The fourth-order valence-electron chi connectivity index (χ4n) is 0.871. The molecular weight excluding hydrogens is 168 g/mol. The SMILES string of the molecule is CCOC(=O)/C=C/c1nccn1C. The Balaban J connectivity index is 2.58. The molecule has 0 bridgehead atoms. The van der Waals surface area contributed by atoms with Crippen molar-refractivity contribution in [1.29, 1.82) is 0 Å². The average Bonchev–Trinajstić information content (AvgIpc) is 2.48. The predicted molar refractivity (Wildman–Crippen MR) is 48.9 cm³/mol. The van der Waals surface area contributed by atoms with Gasteiger partial charge in [-0.15, -0.1) is 0 Å². The van der Waals surface area contributed by atoms with Crippen molar-refractivity contribution < 1.29 is 9.53 Å². The molecule has 0 aliphatic carbocycles. The topological polar surface area (TPSA) is 44.1 Å². The van der Waals surface area contributed by atoms with Gasteiger partial charge in [0.1, 0.15) is 5.82 Å². The van der Waals surface area contributed by atoms with Gasteiger partial charge in [0, 0.05) is 25.5 Å².